The first kappa shape index (κ1) is 25.2. The molecule has 2 N–H and O–H groups in total. The summed E-state index contributed by atoms with van der Waals surface area (Å²) in [4.78, 5) is 6.50. The molecule has 1 unspecified atom stereocenters. The zero-order valence-corrected chi connectivity index (χ0v) is 19.2. The predicted octanol–water partition coefficient (Wildman–Crippen LogP) is 2.86. The van der Waals surface area contributed by atoms with Crippen LogP contribution in [0.25, 0.3) is 0 Å². The molecule has 0 aliphatic rings. The highest BCUT2D eigenvalue weighted by molar-refractivity contribution is 14.0. The molecule has 0 heterocycles. The highest BCUT2D eigenvalue weighted by Gasteiger charge is 2.08. The van der Waals surface area contributed by atoms with Gasteiger partial charge in [0.2, 0.25) is 0 Å². The minimum atomic E-state index is -0.0323. The first-order chi connectivity index (χ1) is 12.1. The first-order valence-corrected chi connectivity index (χ1v) is 8.97. The van der Waals surface area contributed by atoms with E-state index in [9.17, 15) is 0 Å². The molecule has 26 heavy (non-hydrogen) atoms. The molecule has 0 bridgehead atoms. The number of nitrogens with one attached hydrogen (secondary N) is 2. The van der Waals surface area contributed by atoms with Crippen molar-refractivity contribution in [3.63, 3.8) is 0 Å². The van der Waals surface area contributed by atoms with Crippen LogP contribution < -0.4 is 15.4 Å². The van der Waals surface area contributed by atoms with E-state index in [0.717, 1.165) is 38.6 Å². The summed E-state index contributed by atoms with van der Waals surface area (Å²) in [5.74, 6) is 1.46. The topological polar surface area (TPSA) is 58.1 Å². The van der Waals surface area contributed by atoms with Gasteiger partial charge >= 0.3 is 0 Å². The van der Waals surface area contributed by atoms with Crippen LogP contribution >= 0.6 is 35.6 Å². The minimum absolute atomic E-state index is 0. The van der Waals surface area contributed by atoms with Crippen LogP contribution in [0.2, 0.25) is 5.02 Å². The lowest BCUT2D eigenvalue weighted by Gasteiger charge is -2.20. The highest BCUT2D eigenvalue weighted by atomic mass is 127. The fourth-order valence-corrected chi connectivity index (χ4v) is 2.40. The van der Waals surface area contributed by atoms with Gasteiger partial charge in [0.25, 0.3) is 0 Å². The van der Waals surface area contributed by atoms with E-state index in [1.807, 2.05) is 31.2 Å². The fraction of sp³-hybridized carbons (Fsp3) is 0.611. The Morgan fingerprint density at radius 1 is 1.27 bits per heavy atom. The number of aliphatic imine (C=N–C) groups is 1. The van der Waals surface area contributed by atoms with E-state index in [4.69, 9.17) is 21.1 Å². The van der Waals surface area contributed by atoms with Crippen molar-refractivity contribution in [2.45, 2.75) is 19.4 Å². The number of halogens is 2. The Hall–Kier alpha value is -0.770. The summed E-state index contributed by atoms with van der Waals surface area (Å²) < 4.78 is 10.9. The summed E-state index contributed by atoms with van der Waals surface area (Å²) in [5.41, 5.74) is 0. The summed E-state index contributed by atoms with van der Waals surface area (Å²) in [6, 6.07) is 7.48. The van der Waals surface area contributed by atoms with Crippen molar-refractivity contribution in [3.8, 4) is 5.75 Å². The molecule has 6 nitrogen and oxygen atoms in total. The van der Waals surface area contributed by atoms with Gasteiger partial charge in [0, 0.05) is 40.4 Å². The van der Waals surface area contributed by atoms with E-state index >= 15 is 0 Å². The number of hydrogen-bond acceptors (Lipinski definition) is 4. The zero-order chi connectivity index (χ0) is 18.5. The predicted molar refractivity (Wildman–Crippen MR) is 120 cm³/mol. The van der Waals surface area contributed by atoms with Crippen LogP contribution in [0, 0.1) is 0 Å². The van der Waals surface area contributed by atoms with Crippen LogP contribution in [0.4, 0.5) is 0 Å². The average molecular weight is 499 g/mol. The maximum absolute atomic E-state index is 6.11. The summed E-state index contributed by atoms with van der Waals surface area (Å²) in [5, 5.41) is 7.19. The van der Waals surface area contributed by atoms with Crippen LogP contribution in [0.3, 0.4) is 0 Å². The average Bonchev–Trinajstić information content (AvgIpc) is 2.60. The molecule has 0 aliphatic heterocycles. The molecular formula is C18H32ClIN4O2. The van der Waals surface area contributed by atoms with Gasteiger partial charge in [-0.05, 0) is 32.5 Å². The molecule has 1 rings (SSSR count). The summed E-state index contributed by atoms with van der Waals surface area (Å²) in [7, 11) is 5.60. The number of hydrogen-bond donors (Lipinski definition) is 2. The Morgan fingerprint density at radius 2 is 2.00 bits per heavy atom. The third kappa shape index (κ3) is 11.1. The van der Waals surface area contributed by atoms with Crippen molar-refractivity contribution in [1.29, 1.82) is 0 Å². The summed E-state index contributed by atoms with van der Waals surface area (Å²) >= 11 is 6.11. The second-order valence-electron chi connectivity index (χ2n) is 5.89. The van der Waals surface area contributed by atoms with Crippen LogP contribution in [-0.2, 0) is 4.74 Å². The molecule has 0 radical (unpaired) electrons. The number of benzene rings is 1. The first-order valence-electron chi connectivity index (χ1n) is 8.60. The number of methoxy groups -OCH3 is 1. The van der Waals surface area contributed by atoms with Gasteiger partial charge in [-0.15, -0.1) is 24.0 Å². The molecule has 0 aromatic heterocycles. The number of para-hydroxylation sites is 1. The van der Waals surface area contributed by atoms with E-state index in [1.54, 1.807) is 14.2 Å². The Kier molecular flexibility index (Phi) is 14.9. The van der Waals surface area contributed by atoms with Crippen molar-refractivity contribution in [3.05, 3.63) is 29.3 Å². The second kappa shape index (κ2) is 15.3. The number of ether oxygens (including phenoxy) is 2. The van der Waals surface area contributed by atoms with Gasteiger partial charge in [-0.25, -0.2) is 0 Å². The molecular weight excluding hydrogens is 467 g/mol. The van der Waals surface area contributed by atoms with E-state index < -0.39 is 0 Å². The number of guanidine groups is 1. The third-order valence-electron chi connectivity index (χ3n) is 3.62. The number of likely N-dealkylation sites (N-methyl/N-ethyl adjacent to an activating group) is 1. The lowest BCUT2D eigenvalue weighted by atomic mass is 10.3. The second-order valence-corrected chi connectivity index (χ2v) is 6.30. The molecule has 1 atom stereocenters. The monoisotopic (exact) mass is 498 g/mol. The molecule has 0 saturated carbocycles. The largest absolute Gasteiger partial charge is 0.487 e. The van der Waals surface area contributed by atoms with Crippen LogP contribution in [0.5, 0.6) is 5.75 Å². The number of nitrogens with zero attached hydrogens (tertiary/aromatic N) is 2. The normalized spacial score (nSPS) is 12.5. The molecule has 0 aliphatic carbocycles. The van der Waals surface area contributed by atoms with Gasteiger partial charge in [-0.3, -0.25) is 4.99 Å². The van der Waals surface area contributed by atoms with Gasteiger partial charge in [0.15, 0.2) is 5.96 Å². The van der Waals surface area contributed by atoms with Crippen LogP contribution in [-0.4, -0.2) is 71.0 Å². The van der Waals surface area contributed by atoms with E-state index in [0.29, 0.717) is 17.3 Å². The maximum atomic E-state index is 6.11. The smallest absolute Gasteiger partial charge is 0.191 e. The Labute approximate surface area is 179 Å². The lowest BCUT2D eigenvalue weighted by Crippen LogP contribution is -2.44. The van der Waals surface area contributed by atoms with E-state index in [1.165, 1.54) is 0 Å². The quantitative estimate of drug-likeness (QED) is 0.213. The minimum Gasteiger partial charge on any atom is -0.487 e. The van der Waals surface area contributed by atoms with Crippen LogP contribution in [0.1, 0.15) is 13.3 Å². The SMILES string of the molecule is CN=C(NCCN(C)CCCOC)NCC(C)Oc1ccccc1Cl.I. The van der Waals surface area contributed by atoms with Crippen molar-refractivity contribution in [2.75, 3.05) is 54.0 Å². The van der Waals surface area contributed by atoms with Crippen molar-refractivity contribution in [2.24, 2.45) is 4.99 Å². The van der Waals surface area contributed by atoms with Gasteiger partial charge < -0.3 is 25.0 Å². The van der Waals surface area contributed by atoms with Crippen molar-refractivity contribution < 1.29 is 9.47 Å². The maximum Gasteiger partial charge on any atom is 0.191 e. The fourth-order valence-electron chi connectivity index (χ4n) is 2.22. The molecule has 0 fully saturated rings. The molecule has 8 heteroatoms. The Balaban J connectivity index is 0.00000625. The van der Waals surface area contributed by atoms with Gasteiger partial charge in [-0.1, -0.05) is 23.7 Å². The van der Waals surface area contributed by atoms with E-state index in [-0.39, 0.29) is 30.1 Å². The Morgan fingerprint density at radius 3 is 2.65 bits per heavy atom. The standard InChI is InChI=1S/C18H31ClN4O2.HI/c1-15(25-17-9-6-5-8-16(17)19)14-22-18(20-2)21-10-12-23(3)11-7-13-24-4;/h5-6,8-9,15H,7,10-14H2,1-4H3,(H2,20,21,22);1H. The van der Waals surface area contributed by atoms with Crippen LogP contribution in [0.15, 0.2) is 29.3 Å². The van der Waals surface area contributed by atoms with Gasteiger partial charge in [0.05, 0.1) is 11.6 Å². The molecule has 1 aromatic rings. The van der Waals surface area contributed by atoms with Gasteiger partial charge in [0.1, 0.15) is 11.9 Å². The zero-order valence-electron chi connectivity index (χ0n) is 16.1. The van der Waals surface area contributed by atoms with E-state index in [2.05, 4.69) is 27.6 Å². The van der Waals surface area contributed by atoms with Gasteiger partial charge in [-0.2, -0.15) is 0 Å². The lowest BCUT2D eigenvalue weighted by molar-refractivity contribution is 0.180. The molecule has 0 saturated heterocycles. The van der Waals surface area contributed by atoms with Crippen molar-refractivity contribution >= 4 is 41.5 Å². The van der Waals surface area contributed by atoms with Crippen molar-refractivity contribution in [1.82, 2.24) is 15.5 Å². The molecule has 150 valence electrons. The number of rotatable bonds is 11. The molecule has 1 aromatic carbocycles. The third-order valence-corrected chi connectivity index (χ3v) is 3.93. The molecule has 0 spiro atoms. The Bertz CT molecular complexity index is 520. The highest BCUT2D eigenvalue weighted by Crippen LogP contribution is 2.23. The molecule has 0 amide bonds. The summed E-state index contributed by atoms with van der Waals surface area (Å²) in [6.45, 7) is 6.20. The summed E-state index contributed by atoms with van der Waals surface area (Å²) in [6.07, 6.45) is 1.01.